The van der Waals surface area contributed by atoms with E-state index in [4.69, 9.17) is 10.5 Å². The summed E-state index contributed by atoms with van der Waals surface area (Å²) in [6.45, 7) is 12.4. The molecule has 0 radical (unpaired) electrons. The van der Waals surface area contributed by atoms with Gasteiger partial charge in [0.05, 0.1) is 0 Å². The summed E-state index contributed by atoms with van der Waals surface area (Å²) in [5.74, 6) is 1.03. The van der Waals surface area contributed by atoms with Gasteiger partial charge in [0.15, 0.2) is 0 Å². The highest BCUT2D eigenvalue weighted by atomic mass is 16.5. The number of benzene rings is 1. The molecule has 0 aliphatic heterocycles. The maximum atomic E-state index is 6.08. The lowest BCUT2D eigenvalue weighted by Crippen LogP contribution is -2.28. The van der Waals surface area contributed by atoms with Crippen molar-refractivity contribution in [1.82, 2.24) is 4.90 Å². The van der Waals surface area contributed by atoms with Crippen molar-refractivity contribution >= 4 is 0 Å². The van der Waals surface area contributed by atoms with Gasteiger partial charge in [-0.3, -0.25) is 0 Å². The molecule has 0 fully saturated rings. The lowest BCUT2D eigenvalue weighted by atomic mass is 10.0. The third-order valence-corrected chi connectivity index (χ3v) is 3.85. The lowest BCUT2D eigenvalue weighted by Gasteiger charge is -2.20. The predicted molar refractivity (Wildman–Crippen MR) is 86.4 cm³/mol. The van der Waals surface area contributed by atoms with Crippen molar-refractivity contribution in [3.8, 4) is 5.75 Å². The second-order valence-electron chi connectivity index (χ2n) is 5.31. The van der Waals surface area contributed by atoms with Gasteiger partial charge in [0, 0.05) is 12.6 Å². The third kappa shape index (κ3) is 5.14. The molecular formula is C17H30N2O. The molecule has 0 spiro atoms. The Morgan fingerprint density at radius 2 is 1.90 bits per heavy atom. The molecule has 1 atom stereocenters. The molecule has 0 heterocycles. The Labute approximate surface area is 124 Å². The minimum atomic E-state index is 0.210. The van der Waals surface area contributed by atoms with E-state index < -0.39 is 0 Å². The van der Waals surface area contributed by atoms with E-state index in [-0.39, 0.29) is 6.04 Å². The van der Waals surface area contributed by atoms with Gasteiger partial charge in [0.2, 0.25) is 0 Å². The standard InChI is InChI=1S/C17H30N2O/c1-5-16(18)13-15-10-8-9-14(4)17(15)20-12-11-19(6-2)7-3/h8-10,16H,5-7,11-13,18H2,1-4H3. The van der Waals surface area contributed by atoms with Crippen LogP contribution in [0.25, 0.3) is 0 Å². The van der Waals surface area contributed by atoms with Gasteiger partial charge < -0.3 is 15.4 Å². The summed E-state index contributed by atoms with van der Waals surface area (Å²) in [4.78, 5) is 2.37. The van der Waals surface area contributed by atoms with Gasteiger partial charge in [0.25, 0.3) is 0 Å². The van der Waals surface area contributed by atoms with E-state index in [0.29, 0.717) is 0 Å². The fourth-order valence-electron chi connectivity index (χ4n) is 2.32. The van der Waals surface area contributed by atoms with E-state index in [0.717, 1.165) is 44.8 Å². The van der Waals surface area contributed by atoms with Gasteiger partial charge in [-0.15, -0.1) is 0 Å². The van der Waals surface area contributed by atoms with Crippen LogP contribution in [-0.4, -0.2) is 37.2 Å². The molecule has 3 nitrogen and oxygen atoms in total. The molecule has 0 aliphatic carbocycles. The minimum Gasteiger partial charge on any atom is -0.492 e. The Kier molecular flexibility index (Phi) is 7.63. The highest BCUT2D eigenvalue weighted by Crippen LogP contribution is 2.24. The van der Waals surface area contributed by atoms with E-state index in [1.165, 1.54) is 11.1 Å². The Morgan fingerprint density at radius 3 is 2.50 bits per heavy atom. The molecule has 0 aromatic heterocycles. The maximum Gasteiger partial charge on any atom is 0.125 e. The molecule has 1 aromatic carbocycles. The first kappa shape index (κ1) is 17.0. The number of aryl methyl sites for hydroxylation is 1. The van der Waals surface area contributed by atoms with Gasteiger partial charge >= 0.3 is 0 Å². The van der Waals surface area contributed by atoms with E-state index >= 15 is 0 Å². The first-order chi connectivity index (χ1) is 9.62. The molecule has 114 valence electrons. The molecule has 3 heteroatoms. The van der Waals surface area contributed by atoms with Crippen LogP contribution < -0.4 is 10.5 Å². The number of hydrogen-bond acceptors (Lipinski definition) is 3. The fourth-order valence-corrected chi connectivity index (χ4v) is 2.32. The summed E-state index contributed by atoms with van der Waals surface area (Å²) in [7, 11) is 0. The van der Waals surface area contributed by atoms with E-state index in [2.05, 4.69) is 50.8 Å². The highest BCUT2D eigenvalue weighted by molar-refractivity contribution is 5.41. The summed E-state index contributed by atoms with van der Waals surface area (Å²) in [6, 6.07) is 6.54. The van der Waals surface area contributed by atoms with Crippen molar-refractivity contribution in [2.75, 3.05) is 26.2 Å². The van der Waals surface area contributed by atoms with Crippen LogP contribution in [0.3, 0.4) is 0 Å². The van der Waals surface area contributed by atoms with Crippen LogP contribution in [0.4, 0.5) is 0 Å². The Hall–Kier alpha value is -1.06. The number of likely N-dealkylation sites (N-methyl/N-ethyl adjacent to an activating group) is 1. The number of ether oxygens (including phenoxy) is 1. The van der Waals surface area contributed by atoms with E-state index in [1.54, 1.807) is 0 Å². The fraction of sp³-hybridized carbons (Fsp3) is 0.647. The normalized spacial score (nSPS) is 12.7. The zero-order chi connectivity index (χ0) is 15.0. The third-order valence-electron chi connectivity index (χ3n) is 3.85. The van der Waals surface area contributed by atoms with Crippen LogP contribution in [0.15, 0.2) is 18.2 Å². The molecule has 2 N–H and O–H groups in total. The van der Waals surface area contributed by atoms with Crippen molar-refractivity contribution in [3.05, 3.63) is 29.3 Å². The van der Waals surface area contributed by atoms with E-state index in [1.807, 2.05) is 0 Å². The first-order valence-corrected chi connectivity index (χ1v) is 7.81. The first-order valence-electron chi connectivity index (χ1n) is 7.81. The molecule has 1 aromatic rings. The molecular weight excluding hydrogens is 248 g/mol. The van der Waals surface area contributed by atoms with Crippen LogP contribution in [-0.2, 0) is 6.42 Å². The monoisotopic (exact) mass is 278 g/mol. The smallest absolute Gasteiger partial charge is 0.125 e. The van der Waals surface area contributed by atoms with Crippen molar-refractivity contribution in [2.45, 2.75) is 46.6 Å². The lowest BCUT2D eigenvalue weighted by molar-refractivity contribution is 0.220. The molecule has 0 bridgehead atoms. The van der Waals surface area contributed by atoms with Crippen LogP contribution in [0.2, 0.25) is 0 Å². The summed E-state index contributed by atoms with van der Waals surface area (Å²) in [6.07, 6.45) is 1.88. The zero-order valence-corrected chi connectivity index (χ0v) is 13.5. The summed E-state index contributed by atoms with van der Waals surface area (Å²) < 4.78 is 6.05. The van der Waals surface area contributed by atoms with Crippen molar-refractivity contribution in [3.63, 3.8) is 0 Å². The number of nitrogens with two attached hydrogens (primary N) is 1. The summed E-state index contributed by atoms with van der Waals surface area (Å²) >= 11 is 0. The van der Waals surface area contributed by atoms with Crippen molar-refractivity contribution in [2.24, 2.45) is 5.73 Å². The van der Waals surface area contributed by atoms with Crippen LogP contribution >= 0.6 is 0 Å². The predicted octanol–water partition coefficient (Wildman–Crippen LogP) is 3.00. The number of rotatable bonds is 9. The SMILES string of the molecule is CCC(N)Cc1cccc(C)c1OCCN(CC)CC. The van der Waals surface area contributed by atoms with Gasteiger partial charge in [-0.1, -0.05) is 39.0 Å². The quantitative estimate of drug-likeness (QED) is 0.754. The second-order valence-corrected chi connectivity index (χ2v) is 5.31. The Morgan fingerprint density at radius 1 is 1.20 bits per heavy atom. The van der Waals surface area contributed by atoms with Crippen molar-refractivity contribution < 1.29 is 4.74 Å². The Bertz CT molecular complexity index is 389. The number of nitrogens with zero attached hydrogens (tertiary/aromatic N) is 1. The topological polar surface area (TPSA) is 38.5 Å². The molecule has 0 aliphatic rings. The summed E-state index contributed by atoms with van der Waals surface area (Å²) in [5, 5.41) is 0. The number of hydrogen-bond donors (Lipinski definition) is 1. The summed E-state index contributed by atoms with van der Waals surface area (Å²) in [5.41, 5.74) is 8.51. The molecule has 0 saturated carbocycles. The molecule has 1 rings (SSSR count). The largest absolute Gasteiger partial charge is 0.492 e. The zero-order valence-electron chi connectivity index (χ0n) is 13.5. The van der Waals surface area contributed by atoms with E-state index in [9.17, 15) is 0 Å². The second kappa shape index (κ2) is 8.98. The van der Waals surface area contributed by atoms with Gasteiger partial charge in [-0.05, 0) is 44.0 Å². The Balaban J connectivity index is 2.67. The average molecular weight is 278 g/mol. The molecule has 0 amide bonds. The average Bonchev–Trinajstić information content (AvgIpc) is 2.46. The maximum absolute atomic E-state index is 6.08. The van der Waals surface area contributed by atoms with Crippen LogP contribution in [0.5, 0.6) is 5.75 Å². The number of para-hydroxylation sites is 1. The minimum absolute atomic E-state index is 0.210. The highest BCUT2D eigenvalue weighted by Gasteiger charge is 2.10. The van der Waals surface area contributed by atoms with Crippen LogP contribution in [0, 0.1) is 6.92 Å². The van der Waals surface area contributed by atoms with Gasteiger partial charge in [-0.25, -0.2) is 0 Å². The van der Waals surface area contributed by atoms with Crippen LogP contribution in [0.1, 0.15) is 38.3 Å². The molecule has 20 heavy (non-hydrogen) atoms. The van der Waals surface area contributed by atoms with Gasteiger partial charge in [-0.2, -0.15) is 0 Å². The van der Waals surface area contributed by atoms with Gasteiger partial charge in [0.1, 0.15) is 12.4 Å². The molecule has 0 saturated heterocycles. The molecule has 1 unspecified atom stereocenters. The van der Waals surface area contributed by atoms with Crippen molar-refractivity contribution in [1.29, 1.82) is 0 Å².